The lowest BCUT2D eigenvalue weighted by atomic mass is 10.1. The summed E-state index contributed by atoms with van der Waals surface area (Å²) in [6.07, 6.45) is 1.43. The summed E-state index contributed by atoms with van der Waals surface area (Å²) in [5.41, 5.74) is 1.04. The number of ether oxygens (including phenoxy) is 1. The molecule has 1 aliphatic rings. The van der Waals surface area contributed by atoms with Crippen molar-refractivity contribution in [3.63, 3.8) is 0 Å². The summed E-state index contributed by atoms with van der Waals surface area (Å²) in [6, 6.07) is 13.0. The van der Waals surface area contributed by atoms with E-state index in [9.17, 15) is 19.7 Å². The molecule has 0 radical (unpaired) electrons. The molecule has 3 rings (SSSR count). The lowest BCUT2D eigenvalue weighted by Gasteiger charge is -2.25. The first-order valence-electron chi connectivity index (χ1n) is 8.17. The van der Waals surface area contributed by atoms with Crippen molar-refractivity contribution in [2.24, 2.45) is 0 Å². The summed E-state index contributed by atoms with van der Waals surface area (Å²) in [4.78, 5) is 36.1. The summed E-state index contributed by atoms with van der Waals surface area (Å²) in [6.45, 7) is 0.0893. The zero-order valence-corrected chi connectivity index (χ0v) is 15.6. The summed E-state index contributed by atoms with van der Waals surface area (Å²) >= 11 is 4.92. The number of hydrogen-bond donors (Lipinski definition) is 1. The van der Waals surface area contributed by atoms with Crippen LogP contribution in [0, 0.1) is 10.1 Å². The molecule has 2 aromatic rings. The van der Waals surface area contributed by atoms with Gasteiger partial charge in [-0.2, -0.15) is 0 Å². The molecule has 2 amide bonds. The van der Waals surface area contributed by atoms with Gasteiger partial charge in [0.2, 0.25) is 0 Å². The third-order valence-electron chi connectivity index (χ3n) is 4.04. The van der Waals surface area contributed by atoms with E-state index in [0.717, 1.165) is 0 Å². The average Bonchev–Trinajstić information content (AvgIpc) is 2.69. The smallest absolute Gasteiger partial charge is 0.269 e. The lowest BCUT2D eigenvalue weighted by molar-refractivity contribution is -0.384. The summed E-state index contributed by atoms with van der Waals surface area (Å²) in [5.74, 6) is -0.665. The number of benzene rings is 2. The Morgan fingerprint density at radius 3 is 2.71 bits per heavy atom. The second-order valence-electron chi connectivity index (χ2n) is 5.93. The monoisotopic (exact) mass is 397 g/mol. The molecule has 0 atom stereocenters. The van der Waals surface area contributed by atoms with Crippen LogP contribution in [-0.2, 0) is 16.2 Å². The zero-order valence-electron chi connectivity index (χ0n) is 14.7. The quantitative estimate of drug-likeness (QED) is 0.273. The van der Waals surface area contributed by atoms with Gasteiger partial charge in [0.1, 0.15) is 17.9 Å². The Bertz CT molecular complexity index is 1020. The van der Waals surface area contributed by atoms with Crippen molar-refractivity contribution in [3.05, 3.63) is 75.3 Å². The molecular formula is C19H15N3O5S. The predicted molar refractivity (Wildman–Crippen MR) is 105 cm³/mol. The minimum Gasteiger partial charge on any atom is -0.488 e. The number of rotatable bonds is 5. The van der Waals surface area contributed by atoms with Gasteiger partial charge in [-0.15, -0.1) is 0 Å². The van der Waals surface area contributed by atoms with Crippen LogP contribution in [-0.4, -0.2) is 33.8 Å². The first kappa shape index (κ1) is 19.2. The van der Waals surface area contributed by atoms with Crippen molar-refractivity contribution < 1.29 is 19.2 Å². The standard InChI is InChI=1S/C19H15N3O5S/c1-21-18(24)15(17(23)20-19(21)28)10-13-6-2-3-8-16(13)27-11-12-5-4-7-14(9-12)22(25)26/h2-10H,11H2,1H3,(H,20,23,28)/b15-10+. The highest BCUT2D eigenvalue weighted by molar-refractivity contribution is 7.80. The Hall–Kier alpha value is -3.59. The van der Waals surface area contributed by atoms with Crippen LogP contribution in [0.3, 0.4) is 0 Å². The topological polar surface area (TPSA) is 102 Å². The van der Waals surface area contributed by atoms with Gasteiger partial charge in [-0.25, -0.2) is 0 Å². The first-order valence-corrected chi connectivity index (χ1v) is 8.58. The van der Waals surface area contributed by atoms with Crippen molar-refractivity contribution in [1.82, 2.24) is 10.2 Å². The zero-order chi connectivity index (χ0) is 20.3. The molecule has 0 aromatic heterocycles. The second kappa shape index (κ2) is 7.97. The number of para-hydroxylation sites is 1. The van der Waals surface area contributed by atoms with E-state index in [1.54, 1.807) is 36.4 Å². The minimum atomic E-state index is -0.582. The van der Waals surface area contributed by atoms with Crippen molar-refractivity contribution in [3.8, 4) is 5.75 Å². The van der Waals surface area contributed by atoms with Gasteiger partial charge in [-0.05, 0) is 29.9 Å². The maximum absolute atomic E-state index is 12.3. The molecule has 9 heteroatoms. The van der Waals surface area contributed by atoms with Crippen LogP contribution >= 0.6 is 12.2 Å². The third-order valence-corrected chi connectivity index (χ3v) is 4.42. The SMILES string of the molecule is CN1C(=O)/C(=C/c2ccccc2OCc2cccc([N+](=O)[O-])c2)C(=O)NC1=S. The largest absolute Gasteiger partial charge is 0.488 e. The van der Waals surface area contributed by atoms with Gasteiger partial charge in [-0.1, -0.05) is 30.3 Å². The summed E-state index contributed by atoms with van der Waals surface area (Å²) in [5, 5.41) is 13.4. The van der Waals surface area contributed by atoms with E-state index < -0.39 is 16.7 Å². The predicted octanol–water partition coefficient (Wildman–Crippen LogP) is 2.43. The van der Waals surface area contributed by atoms with Crippen LogP contribution in [0.25, 0.3) is 6.08 Å². The number of carbonyl (C=O) groups is 2. The molecule has 1 saturated heterocycles. The number of nitrogens with one attached hydrogen (secondary N) is 1. The number of non-ortho nitro benzene ring substituents is 1. The molecule has 1 N–H and O–H groups in total. The fourth-order valence-corrected chi connectivity index (χ4v) is 2.73. The fourth-order valence-electron chi connectivity index (χ4n) is 2.55. The van der Waals surface area contributed by atoms with Crippen LogP contribution < -0.4 is 10.1 Å². The van der Waals surface area contributed by atoms with Gasteiger partial charge in [0.15, 0.2) is 5.11 Å². The van der Waals surface area contributed by atoms with Crippen LogP contribution in [0.5, 0.6) is 5.75 Å². The second-order valence-corrected chi connectivity index (χ2v) is 6.32. The molecule has 0 bridgehead atoms. The molecule has 0 spiro atoms. The van der Waals surface area contributed by atoms with E-state index in [2.05, 4.69) is 5.32 Å². The van der Waals surface area contributed by atoms with Crippen molar-refractivity contribution in [1.29, 1.82) is 0 Å². The molecule has 0 aliphatic carbocycles. The van der Waals surface area contributed by atoms with Crippen LogP contribution in [0.4, 0.5) is 5.69 Å². The van der Waals surface area contributed by atoms with Gasteiger partial charge in [0.05, 0.1) is 4.92 Å². The number of nitro benzene ring substituents is 1. The number of thiocarbonyl (C=S) groups is 1. The van der Waals surface area contributed by atoms with E-state index >= 15 is 0 Å². The Kier molecular flexibility index (Phi) is 5.46. The van der Waals surface area contributed by atoms with E-state index in [4.69, 9.17) is 17.0 Å². The molecular weight excluding hydrogens is 382 g/mol. The van der Waals surface area contributed by atoms with E-state index in [1.807, 2.05) is 0 Å². The Balaban J connectivity index is 1.85. The molecule has 142 valence electrons. The maximum atomic E-state index is 12.3. The number of nitrogens with zero attached hydrogens (tertiary/aromatic N) is 2. The molecule has 1 fully saturated rings. The highest BCUT2D eigenvalue weighted by Crippen LogP contribution is 2.24. The van der Waals surface area contributed by atoms with Gasteiger partial charge in [-0.3, -0.25) is 29.9 Å². The molecule has 0 unspecified atom stereocenters. The van der Waals surface area contributed by atoms with Crippen molar-refractivity contribution in [2.45, 2.75) is 6.61 Å². The lowest BCUT2D eigenvalue weighted by Crippen LogP contribution is -2.52. The molecule has 1 heterocycles. The summed E-state index contributed by atoms with van der Waals surface area (Å²) < 4.78 is 5.77. The summed E-state index contributed by atoms with van der Waals surface area (Å²) in [7, 11) is 1.47. The molecule has 2 aromatic carbocycles. The van der Waals surface area contributed by atoms with Gasteiger partial charge in [0, 0.05) is 24.7 Å². The molecule has 1 aliphatic heterocycles. The normalized spacial score (nSPS) is 15.5. The van der Waals surface area contributed by atoms with Crippen LogP contribution in [0.2, 0.25) is 0 Å². The van der Waals surface area contributed by atoms with E-state index in [1.165, 1.54) is 30.2 Å². The van der Waals surface area contributed by atoms with E-state index in [0.29, 0.717) is 16.9 Å². The van der Waals surface area contributed by atoms with Gasteiger partial charge < -0.3 is 4.74 Å². The number of hydrogen-bond acceptors (Lipinski definition) is 6. The Labute approximate surface area is 165 Å². The van der Waals surface area contributed by atoms with Crippen molar-refractivity contribution >= 4 is 40.9 Å². The Morgan fingerprint density at radius 1 is 1.21 bits per heavy atom. The Morgan fingerprint density at radius 2 is 1.96 bits per heavy atom. The number of amides is 2. The molecule has 8 nitrogen and oxygen atoms in total. The van der Waals surface area contributed by atoms with Crippen molar-refractivity contribution in [2.75, 3.05) is 7.05 Å². The maximum Gasteiger partial charge on any atom is 0.269 e. The minimum absolute atomic E-state index is 0.0278. The van der Waals surface area contributed by atoms with Crippen LogP contribution in [0.15, 0.2) is 54.1 Å². The highest BCUT2D eigenvalue weighted by atomic mass is 32.1. The van der Waals surface area contributed by atoms with Crippen LogP contribution in [0.1, 0.15) is 11.1 Å². The number of likely N-dealkylation sites (N-methyl/N-ethyl adjacent to an activating group) is 1. The van der Waals surface area contributed by atoms with E-state index in [-0.39, 0.29) is 23.0 Å². The third kappa shape index (κ3) is 4.04. The van der Waals surface area contributed by atoms with Gasteiger partial charge in [0.25, 0.3) is 17.5 Å². The molecule has 0 saturated carbocycles. The fraction of sp³-hybridized carbons (Fsp3) is 0.105. The average molecular weight is 397 g/mol. The first-order chi connectivity index (χ1) is 13.4. The highest BCUT2D eigenvalue weighted by Gasteiger charge is 2.30. The molecule has 28 heavy (non-hydrogen) atoms. The number of carbonyl (C=O) groups excluding carboxylic acids is 2. The van der Waals surface area contributed by atoms with Gasteiger partial charge >= 0.3 is 0 Å². The number of nitro groups is 1.